The van der Waals surface area contributed by atoms with Crippen LogP contribution in [0.25, 0.3) is 0 Å². The number of carbonyl (C=O) groups is 2. The molecule has 0 radical (unpaired) electrons. The van der Waals surface area contributed by atoms with Crippen molar-refractivity contribution < 1.29 is 19.1 Å². The molecule has 1 heterocycles. The van der Waals surface area contributed by atoms with E-state index in [9.17, 15) is 9.59 Å². The fraction of sp³-hybridized carbons (Fsp3) is 0.833. The quantitative estimate of drug-likeness (QED) is 0.603. The first-order valence-corrected chi connectivity index (χ1v) is 6.22. The van der Waals surface area contributed by atoms with Crippen molar-refractivity contribution in [3.05, 3.63) is 0 Å². The van der Waals surface area contributed by atoms with Gasteiger partial charge in [0, 0.05) is 46.9 Å². The van der Waals surface area contributed by atoms with Crippen LogP contribution >= 0.6 is 0 Å². The number of hydrogen-bond donors (Lipinski definition) is 1. The molecule has 0 spiro atoms. The first kappa shape index (κ1) is 14.9. The molecule has 1 unspecified atom stereocenters. The van der Waals surface area contributed by atoms with Gasteiger partial charge in [-0.05, 0) is 6.42 Å². The number of rotatable bonds is 8. The second-order valence-electron chi connectivity index (χ2n) is 4.37. The number of amides is 2. The number of methoxy groups -OCH3 is 2. The third-order valence-electron chi connectivity index (χ3n) is 2.98. The lowest BCUT2D eigenvalue weighted by molar-refractivity contribution is -0.129. The molecule has 1 fully saturated rings. The SMILES string of the molecule is COCCCNC(=O)C1CC(=O)N(CCOC)C1. The van der Waals surface area contributed by atoms with Gasteiger partial charge in [-0.25, -0.2) is 0 Å². The average Bonchev–Trinajstić information content (AvgIpc) is 2.73. The summed E-state index contributed by atoms with van der Waals surface area (Å²) in [5.41, 5.74) is 0. The Kier molecular flexibility index (Phi) is 6.67. The molecule has 0 saturated carbocycles. The lowest BCUT2D eigenvalue weighted by Crippen LogP contribution is -2.34. The van der Waals surface area contributed by atoms with Gasteiger partial charge in [-0.15, -0.1) is 0 Å². The Bertz CT molecular complexity index is 283. The molecule has 0 aromatic heterocycles. The summed E-state index contributed by atoms with van der Waals surface area (Å²) in [6, 6.07) is 0. The van der Waals surface area contributed by atoms with E-state index in [4.69, 9.17) is 9.47 Å². The summed E-state index contributed by atoms with van der Waals surface area (Å²) in [7, 11) is 3.23. The Hall–Kier alpha value is -1.14. The van der Waals surface area contributed by atoms with Crippen molar-refractivity contribution in [3.63, 3.8) is 0 Å². The number of ether oxygens (including phenoxy) is 2. The van der Waals surface area contributed by atoms with Crippen molar-refractivity contribution in [1.82, 2.24) is 10.2 Å². The molecule has 0 aromatic rings. The highest BCUT2D eigenvalue weighted by Crippen LogP contribution is 2.17. The standard InChI is InChI=1S/C12H22N2O4/c1-17-6-3-4-13-12(16)10-8-11(15)14(9-10)5-7-18-2/h10H,3-9H2,1-2H3,(H,13,16). The van der Waals surface area contributed by atoms with Gasteiger partial charge in [0.05, 0.1) is 12.5 Å². The maximum atomic E-state index is 11.8. The molecular formula is C12H22N2O4. The number of carbonyl (C=O) groups excluding carboxylic acids is 2. The molecule has 104 valence electrons. The Morgan fingerprint density at radius 3 is 2.78 bits per heavy atom. The van der Waals surface area contributed by atoms with Crippen molar-refractivity contribution in [1.29, 1.82) is 0 Å². The highest BCUT2D eigenvalue weighted by atomic mass is 16.5. The zero-order valence-electron chi connectivity index (χ0n) is 11.1. The summed E-state index contributed by atoms with van der Waals surface area (Å²) in [6.07, 6.45) is 1.09. The summed E-state index contributed by atoms with van der Waals surface area (Å²) >= 11 is 0. The molecule has 0 bridgehead atoms. The first-order valence-electron chi connectivity index (χ1n) is 6.22. The van der Waals surface area contributed by atoms with Gasteiger partial charge >= 0.3 is 0 Å². The molecule has 0 aromatic carbocycles. The number of hydrogen-bond acceptors (Lipinski definition) is 4. The van der Waals surface area contributed by atoms with Gasteiger partial charge in [-0.3, -0.25) is 9.59 Å². The molecular weight excluding hydrogens is 236 g/mol. The Labute approximate surface area is 108 Å². The van der Waals surface area contributed by atoms with Crippen molar-refractivity contribution in [2.45, 2.75) is 12.8 Å². The molecule has 1 rings (SSSR count). The van der Waals surface area contributed by atoms with E-state index in [2.05, 4.69) is 5.32 Å². The maximum absolute atomic E-state index is 11.8. The van der Waals surface area contributed by atoms with E-state index in [1.54, 1.807) is 19.1 Å². The van der Waals surface area contributed by atoms with Crippen LogP contribution in [0.3, 0.4) is 0 Å². The maximum Gasteiger partial charge on any atom is 0.225 e. The largest absolute Gasteiger partial charge is 0.385 e. The van der Waals surface area contributed by atoms with Gasteiger partial charge in [-0.2, -0.15) is 0 Å². The van der Waals surface area contributed by atoms with E-state index in [1.165, 1.54) is 0 Å². The third-order valence-corrected chi connectivity index (χ3v) is 2.98. The Balaban J connectivity index is 2.26. The van der Waals surface area contributed by atoms with E-state index in [0.717, 1.165) is 6.42 Å². The van der Waals surface area contributed by atoms with Crippen LogP contribution in [-0.4, -0.2) is 63.8 Å². The number of nitrogens with one attached hydrogen (secondary N) is 1. The minimum atomic E-state index is -0.225. The van der Waals surface area contributed by atoms with Crippen LogP contribution in [0.15, 0.2) is 0 Å². The van der Waals surface area contributed by atoms with Gasteiger partial charge in [0.1, 0.15) is 0 Å². The Morgan fingerprint density at radius 2 is 2.11 bits per heavy atom. The summed E-state index contributed by atoms with van der Waals surface area (Å²) in [5, 5.41) is 2.83. The lowest BCUT2D eigenvalue weighted by atomic mass is 10.1. The van der Waals surface area contributed by atoms with Gasteiger partial charge < -0.3 is 19.7 Å². The predicted molar refractivity (Wildman–Crippen MR) is 66.1 cm³/mol. The highest BCUT2D eigenvalue weighted by molar-refractivity contribution is 5.89. The highest BCUT2D eigenvalue weighted by Gasteiger charge is 2.33. The molecule has 1 atom stereocenters. The normalized spacial score (nSPS) is 19.3. The molecule has 18 heavy (non-hydrogen) atoms. The third kappa shape index (κ3) is 4.62. The molecule has 6 nitrogen and oxygen atoms in total. The van der Waals surface area contributed by atoms with Crippen LogP contribution in [0.2, 0.25) is 0 Å². The van der Waals surface area contributed by atoms with Crippen LogP contribution < -0.4 is 5.32 Å². The summed E-state index contributed by atoms with van der Waals surface area (Å²) in [5.74, 6) is -0.236. The molecule has 1 aliphatic rings. The zero-order valence-corrected chi connectivity index (χ0v) is 11.1. The molecule has 2 amide bonds. The minimum absolute atomic E-state index is 0.0316. The fourth-order valence-corrected chi connectivity index (χ4v) is 1.94. The smallest absolute Gasteiger partial charge is 0.225 e. The average molecular weight is 258 g/mol. The molecule has 0 aliphatic carbocycles. The van der Waals surface area contributed by atoms with Crippen molar-refractivity contribution in [2.24, 2.45) is 5.92 Å². The second kappa shape index (κ2) is 8.05. The van der Waals surface area contributed by atoms with Crippen LogP contribution in [0, 0.1) is 5.92 Å². The van der Waals surface area contributed by atoms with Crippen LogP contribution in [0.5, 0.6) is 0 Å². The van der Waals surface area contributed by atoms with Crippen LogP contribution in [0.1, 0.15) is 12.8 Å². The fourth-order valence-electron chi connectivity index (χ4n) is 1.94. The van der Waals surface area contributed by atoms with Gasteiger partial charge in [0.15, 0.2) is 0 Å². The molecule has 6 heteroatoms. The summed E-state index contributed by atoms with van der Waals surface area (Å²) in [4.78, 5) is 25.1. The van der Waals surface area contributed by atoms with Crippen molar-refractivity contribution in [3.8, 4) is 0 Å². The summed E-state index contributed by atoms with van der Waals surface area (Å²) < 4.78 is 9.83. The van der Waals surface area contributed by atoms with Gasteiger partial charge in [-0.1, -0.05) is 0 Å². The monoisotopic (exact) mass is 258 g/mol. The van der Waals surface area contributed by atoms with Crippen molar-refractivity contribution in [2.75, 3.05) is 47.1 Å². The van der Waals surface area contributed by atoms with Crippen LogP contribution in [-0.2, 0) is 19.1 Å². The van der Waals surface area contributed by atoms with E-state index >= 15 is 0 Å². The number of nitrogens with zero attached hydrogens (tertiary/aromatic N) is 1. The lowest BCUT2D eigenvalue weighted by Gasteiger charge is -2.15. The second-order valence-corrected chi connectivity index (χ2v) is 4.37. The predicted octanol–water partition coefficient (Wildman–Crippen LogP) is -0.366. The molecule has 1 N–H and O–H groups in total. The number of likely N-dealkylation sites (tertiary alicyclic amines) is 1. The van der Waals surface area contributed by atoms with E-state index in [0.29, 0.717) is 39.3 Å². The van der Waals surface area contributed by atoms with Gasteiger partial charge in [0.2, 0.25) is 11.8 Å². The first-order chi connectivity index (χ1) is 8.69. The molecule has 1 aliphatic heterocycles. The van der Waals surface area contributed by atoms with Gasteiger partial charge in [0.25, 0.3) is 0 Å². The van der Waals surface area contributed by atoms with Crippen LogP contribution in [0.4, 0.5) is 0 Å². The van der Waals surface area contributed by atoms with E-state index in [-0.39, 0.29) is 17.7 Å². The Morgan fingerprint density at radius 1 is 1.39 bits per heavy atom. The van der Waals surface area contributed by atoms with E-state index < -0.39 is 0 Å². The minimum Gasteiger partial charge on any atom is -0.385 e. The van der Waals surface area contributed by atoms with E-state index in [1.807, 2.05) is 0 Å². The summed E-state index contributed by atoms with van der Waals surface area (Å²) in [6.45, 7) is 2.79. The zero-order chi connectivity index (χ0) is 13.4. The topological polar surface area (TPSA) is 67.9 Å². The van der Waals surface area contributed by atoms with Crippen molar-refractivity contribution >= 4 is 11.8 Å². The molecule has 1 saturated heterocycles.